The molecule has 0 spiro atoms. The SMILES string of the molecule is COc1cc(OC)c(C(c2cc(C)cs2)N2CCCC(C(=O)O)C2)cc1OC. The fourth-order valence-corrected chi connectivity index (χ4v) is 4.88. The van der Waals surface area contributed by atoms with Crippen LogP contribution in [0.15, 0.2) is 23.6 Å². The molecule has 152 valence electrons. The number of benzene rings is 1. The number of rotatable bonds is 7. The quantitative estimate of drug-likeness (QED) is 0.752. The highest BCUT2D eigenvalue weighted by Gasteiger charge is 2.34. The molecule has 1 fully saturated rings. The van der Waals surface area contributed by atoms with Crippen LogP contribution < -0.4 is 14.2 Å². The van der Waals surface area contributed by atoms with Crippen LogP contribution in [0.4, 0.5) is 0 Å². The maximum Gasteiger partial charge on any atom is 0.307 e. The van der Waals surface area contributed by atoms with Gasteiger partial charge in [-0.3, -0.25) is 9.69 Å². The third-order valence-electron chi connectivity index (χ3n) is 5.22. The molecule has 2 heterocycles. The van der Waals surface area contributed by atoms with E-state index in [9.17, 15) is 9.90 Å². The summed E-state index contributed by atoms with van der Waals surface area (Å²) >= 11 is 1.68. The van der Waals surface area contributed by atoms with Gasteiger partial charge in [-0.05, 0) is 49.4 Å². The summed E-state index contributed by atoms with van der Waals surface area (Å²) in [6, 6.07) is 5.84. The van der Waals surface area contributed by atoms with Crippen molar-refractivity contribution >= 4 is 17.3 Å². The van der Waals surface area contributed by atoms with Crippen LogP contribution >= 0.6 is 11.3 Å². The summed E-state index contributed by atoms with van der Waals surface area (Å²) in [6.45, 7) is 3.41. The molecule has 0 aliphatic carbocycles. The lowest BCUT2D eigenvalue weighted by Gasteiger charge is -2.37. The Morgan fingerprint density at radius 2 is 1.82 bits per heavy atom. The number of carboxylic acid groups (broad SMARTS) is 1. The number of aryl methyl sites for hydroxylation is 1. The minimum Gasteiger partial charge on any atom is -0.496 e. The topological polar surface area (TPSA) is 68.2 Å². The van der Waals surface area contributed by atoms with E-state index in [-0.39, 0.29) is 12.0 Å². The Morgan fingerprint density at radius 3 is 2.39 bits per heavy atom. The Bertz CT molecular complexity index is 834. The lowest BCUT2D eigenvalue weighted by Crippen LogP contribution is -2.41. The second-order valence-corrected chi connectivity index (χ2v) is 7.99. The Kier molecular flexibility index (Phi) is 6.46. The highest BCUT2D eigenvalue weighted by atomic mass is 32.1. The summed E-state index contributed by atoms with van der Waals surface area (Å²) in [5.74, 6) is 0.842. The van der Waals surface area contributed by atoms with Gasteiger partial charge in [0.2, 0.25) is 0 Å². The summed E-state index contributed by atoms with van der Waals surface area (Å²) in [4.78, 5) is 15.0. The Morgan fingerprint density at radius 1 is 1.14 bits per heavy atom. The number of carbonyl (C=O) groups is 1. The molecular formula is C21H27NO5S. The summed E-state index contributed by atoms with van der Waals surface area (Å²) in [5.41, 5.74) is 2.14. The first-order valence-corrected chi connectivity index (χ1v) is 10.2. The molecular weight excluding hydrogens is 378 g/mol. The molecule has 6 nitrogen and oxygen atoms in total. The first-order valence-electron chi connectivity index (χ1n) is 9.30. The number of likely N-dealkylation sites (tertiary alicyclic amines) is 1. The molecule has 1 aliphatic rings. The van der Waals surface area contributed by atoms with E-state index in [1.54, 1.807) is 32.7 Å². The number of hydrogen-bond donors (Lipinski definition) is 1. The van der Waals surface area contributed by atoms with Crippen LogP contribution in [0.3, 0.4) is 0 Å². The monoisotopic (exact) mass is 405 g/mol. The number of ether oxygens (including phenoxy) is 3. The minimum atomic E-state index is -0.731. The summed E-state index contributed by atoms with van der Waals surface area (Å²) < 4.78 is 16.6. The zero-order valence-corrected chi connectivity index (χ0v) is 17.5. The number of hydrogen-bond acceptors (Lipinski definition) is 6. The van der Waals surface area contributed by atoms with E-state index < -0.39 is 5.97 Å². The molecule has 0 bridgehead atoms. The van der Waals surface area contributed by atoms with Crippen molar-refractivity contribution in [2.24, 2.45) is 5.92 Å². The van der Waals surface area contributed by atoms with Crippen LogP contribution in [-0.4, -0.2) is 50.4 Å². The molecule has 1 aromatic carbocycles. The zero-order valence-electron chi connectivity index (χ0n) is 16.7. The van der Waals surface area contributed by atoms with Gasteiger partial charge in [0.15, 0.2) is 11.5 Å². The molecule has 0 radical (unpaired) electrons. The van der Waals surface area contributed by atoms with Gasteiger partial charge < -0.3 is 19.3 Å². The molecule has 1 saturated heterocycles. The molecule has 2 unspecified atom stereocenters. The van der Waals surface area contributed by atoms with E-state index in [2.05, 4.69) is 23.3 Å². The lowest BCUT2D eigenvalue weighted by molar-refractivity contribution is -0.143. The van der Waals surface area contributed by atoms with Gasteiger partial charge in [-0.25, -0.2) is 0 Å². The smallest absolute Gasteiger partial charge is 0.307 e. The van der Waals surface area contributed by atoms with E-state index in [1.165, 1.54) is 5.56 Å². The predicted octanol–water partition coefficient (Wildman–Crippen LogP) is 3.97. The number of piperidine rings is 1. The molecule has 0 saturated carbocycles. The third kappa shape index (κ3) is 4.10. The van der Waals surface area contributed by atoms with Crippen molar-refractivity contribution < 1.29 is 24.1 Å². The van der Waals surface area contributed by atoms with Gasteiger partial charge in [-0.15, -0.1) is 11.3 Å². The van der Waals surface area contributed by atoms with Crippen LogP contribution in [0.2, 0.25) is 0 Å². The normalized spacial score (nSPS) is 18.5. The number of aliphatic carboxylic acids is 1. The molecule has 7 heteroatoms. The van der Waals surface area contributed by atoms with Crippen LogP contribution in [0.1, 0.15) is 34.9 Å². The summed E-state index contributed by atoms with van der Waals surface area (Å²) in [7, 11) is 4.84. The molecule has 2 aromatic rings. The molecule has 1 aromatic heterocycles. The van der Waals surface area contributed by atoms with Gasteiger partial charge in [0.05, 0.1) is 33.3 Å². The van der Waals surface area contributed by atoms with E-state index in [0.717, 1.165) is 23.4 Å². The molecule has 28 heavy (non-hydrogen) atoms. The number of nitrogens with zero attached hydrogens (tertiary/aromatic N) is 1. The Hall–Kier alpha value is -2.25. The van der Waals surface area contributed by atoms with E-state index in [0.29, 0.717) is 30.2 Å². The van der Waals surface area contributed by atoms with Crippen molar-refractivity contribution in [1.29, 1.82) is 0 Å². The standard InChI is InChI=1S/C21H27NO5S/c1-13-8-19(28-12-13)20(22-7-5-6-14(11-22)21(23)24)15-9-17(26-3)18(27-4)10-16(15)25-2/h8-10,12,14,20H,5-7,11H2,1-4H3,(H,23,24). The fourth-order valence-electron chi connectivity index (χ4n) is 3.84. The van der Waals surface area contributed by atoms with Crippen LogP contribution in [0.5, 0.6) is 17.2 Å². The Labute approximate surface area is 169 Å². The van der Waals surface area contributed by atoms with Crippen LogP contribution in [-0.2, 0) is 4.79 Å². The van der Waals surface area contributed by atoms with Crippen molar-refractivity contribution in [2.75, 3.05) is 34.4 Å². The van der Waals surface area contributed by atoms with Crippen molar-refractivity contribution in [3.05, 3.63) is 39.6 Å². The predicted molar refractivity (Wildman–Crippen MR) is 109 cm³/mol. The van der Waals surface area contributed by atoms with Gasteiger partial charge in [0.1, 0.15) is 5.75 Å². The van der Waals surface area contributed by atoms with Crippen LogP contribution in [0, 0.1) is 12.8 Å². The summed E-state index contributed by atoms with van der Waals surface area (Å²) in [6.07, 6.45) is 1.57. The second-order valence-electron chi connectivity index (χ2n) is 7.05. The third-order valence-corrected chi connectivity index (χ3v) is 6.32. The molecule has 1 N–H and O–H groups in total. The van der Waals surface area contributed by atoms with Gasteiger partial charge in [-0.2, -0.15) is 0 Å². The molecule has 3 rings (SSSR count). The fraction of sp³-hybridized carbons (Fsp3) is 0.476. The average Bonchev–Trinajstić information content (AvgIpc) is 3.13. The molecule has 0 amide bonds. The second kappa shape index (κ2) is 8.84. The molecule has 1 aliphatic heterocycles. The zero-order chi connectivity index (χ0) is 20.3. The maximum atomic E-state index is 11.6. The van der Waals surface area contributed by atoms with Crippen molar-refractivity contribution in [2.45, 2.75) is 25.8 Å². The van der Waals surface area contributed by atoms with E-state index in [1.807, 2.05) is 12.1 Å². The summed E-state index contributed by atoms with van der Waals surface area (Å²) in [5, 5.41) is 11.7. The van der Waals surface area contributed by atoms with Gasteiger partial charge in [0.25, 0.3) is 0 Å². The largest absolute Gasteiger partial charge is 0.496 e. The maximum absolute atomic E-state index is 11.6. The van der Waals surface area contributed by atoms with Crippen molar-refractivity contribution in [3.63, 3.8) is 0 Å². The highest BCUT2D eigenvalue weighted by molar-refractivity contribution is 7.10. The lowest BCUT2D eigenvalue weighted by atomic mass is 9.93. The van der Waals surface area contributed by atoms with E-state index in [4.69, 9.17) is 14.2 Å². The van der Waals surface area contributed by atoms with Gasteiger partial charge in [0, 0.05) is 23.1 Å². The number of carboxylic acids is 1. The van der Waals surface area contributed by atoms with Crippen molar-refractivity contribution in [3.8, 4) is 17.2 Å². The number of thiophene rings is 1. The molecule has 2 atom stereocenters. The Balaban J connectivity index is 2.11. The van der Waals surface area contributed by atoms with Crippen molar-refractivity contribution in [1.82, 2.24) is 4.90 Å². The van der Waals surface area contributed by atoms with Gasteiger partial charge in [-0.1, -0.05) is 0 Å². The van der Waals surface area contributed by atoms with E-state index >= 15 is 0 Å². The van der Waals surface area contributed by atoms with Gasteiger partial charge >= 0.3 is 5.97 Å². The number of methoxy groups -OCH3 is 3. The average molecular weight is 406 g/mol. The first-order chi connectivity index (χ1) is 13.5. The first kappa shape index (κ1) is 20.5. The van der Waals surface area contributed by atoms with Crippen LogP contribution in [0.25, 0.3) is 0 Å². The minimum absolute atomic E-state index is 0.101. The highest BCUT2D eigenvalue weighted by Crippen LogP contribution is 2.44.